The van der Waals surface area contributed by atoms with Crippen LogP contribution in [0.15, 0.2) is 47.5 Å². The number of nitrogens with zero attached hydrogens (tertiary/aromatic N) is 5. The summed E-state index contributed by atoms with van der Waals surface area (Å²) in [7, 11) is 0. The van der Waals surface area contributed by atoms with Crippen LogP contribution in [0.25, 0.3) is 16.7 Å². The van der Waals surface area contributed by atoms with Crippen LogP contribution in [-0.4, -0.2) is 30.9 Å². The highest BCUT2D eigenvalue weighted by atomic mass is 16.1. The Morgan fingerprint density at radius 2 is 1.97 bits per heavy atom. The molecule has 4 heterocycles. The van der Waals surface area contributed by atoms with Crippen molar-refractivity contribution in [3.8, 4) is 5.69 Å². The minimum Gasteiger partial charge on any atom is -0.324 e. The molecule has 0 unspecified atom stereocenters. The van der Waals surface area contributed by atoms with Gasteiger partial charge in [-0.2, -0.15) is 4.98 Å². The molecule has 0 saturated heterocycles. The first-order valence-electron chi connectivity index (χ1n) is 12.9. The van der Waals surface area contributed by atoms with Crippen molar-refractivity contribution in [2.24, 2.45) is 5.92 Å². The van der Waals surface area contributed by atoms with Gasteiger partial charge in [0.2, 0.25) is 5.95 Å². The number of pyridine rings is 1. The first kappa shape index (κ1) is 22.9. The fourth-order valence-corrected chi connectivity index (χ4v) is 5.08. The maximum atomic E-state index is 13.5. The Bertz CT molecular complexity index is 1490. The fraction of sp³-hybridized carbons (Fsp3) is 0.429. The maximum Gasteiger partial charge on any atom is 0.278 e. The van der Waals surface area contributed by atoms with Gasteiger partial charge in [0.25, 0.3) is 5.56 Å². The van der Waals surface area contributed by atoms with E-state index in [0.29, 0.717) is 29.4 Å². The predicted molar refractivity (Wildman–Crippen MR) is 142 cm³/mol. The topological polar surface area (TPSA) is 89.7 Å². The van der Waals surface area contributed by atoms with Gasteiger partial charge in [0.15, 0.2) is 5.65 Å². The van der Waals surface area contributed by atoms with E-state index in [1.165, 1.54) is 17.5 Å². The Balaban J connectivity index is 1.45. The number of fused-ring (bicyclic) bond motifs is 2. The minimum absolute atomic E-state index is 0.0427. The molecule has 8 heteroatoms. The number of hydrogen-bond acceptors (Lipinski definition) is 6. The van der Waals surface area contributed by atoms with Crippen LogP contribution in [-0.2, 0) is 24.9 Å². The van der Waals surface area contributed by atoms with Crippen molar-refractivity contribution < 1.29 is 0 Å². The summed E-state index contributed by atoms with van der Waals surface area (Å²) in [6.45, 7) is 9.01. The van der Waals surface area contributed by atoms with E-state index >= 15 is 0 Å². The molecule has 2 N–H and O–H groups in total. The molecule has 0 bridgehead atoms. The van der Waals surface area contributed by atoms with Gasteiger partial charge < -0.3 is 10.6 Å². The van der Waals surface area contributed by atoms with Gasteiger partial charge in [-0.25, -0.2) is 14.3 Å². The van der Waals surface area contributed by atoms with Crippen molar-refractivity contribution in [3.05, 3.63) is 69.9 Å². The second-order valence-electron chi connectivity index (χ2n) is 11.1. The average Bonchev–Trinajstić information content (AvgIpc) is 3.11. The van der Waals surface area contributed by atoms with Crippen molar-refractivity contribution >= 4 is 22.7 Å². The van der Waals surface area contributed by atoms with Crippen LogP contribution in [0.5, 0.6) is 0 Å². The summed E-state index contributed by atoms with van der Waals surface area (Å²) in [5.41, 5.74) is 5.96. The number of benzene rings is 1. The van der Waals surface area contributed by atoms with Gasteiger partial charge in [0.05, 0.1) is 5.69 Å². The predicted octanol–water partition coefficient (Wildman–Crippen LogP) is 4.46. The fourth-order valence-electron chi connectivity index (χ4n) is 5.08. The van der Waals surface area contributed by atoms with Gasteiger partial charge in [-0.05, 0) is 67.1 Å². The zero-order chi connectivity index (χ0) is 24.9. The molecule has 1 aliphatic carbocycles. The van der Waals surface area contributed by atoms with E-state index in [9.17, 15) is 4.79 Å². The number of nitrogens with one attached hydrogen (secondary N) is 2. The summed E-state index contributed by atoms with van der Waals surface area (Å²) in [6, 6.07) is 10.4. The lowest BCUT2D eigenvalue weighted by atomic mass is 9.85. The summed E-state index contributed by atoms with van der Waals surface area (Å²) >= 11 is 0. The molecule has 2 aliphatic rings. The lowest BCUT2D eigenvalue weighted by Gasteiger charge is -2.27. The van der Waals surface area contributed by atoms with Gasteiger partial charge in [-0.1, -0.05) is 33.3 Å². The lowest BCUT2D eigenvalue weighted by Crippen LogP contribution is -2.29. The van der Waals surface area contributed by atoms with E-state index < -0.39 is 0 Å². The highest BCUT2D eigenvalue weighted by Crippen LogP contribution is 2.30. The van der Waals surface area contributed by atoms with Crippen molar-refractivity contribution in [3.63, 3.8) is 0 Å². The van der Waals surface area contributed by atoms with E-state index in [1.807, 2.05) is 21.6 Å². The largest absolute Gasteiger partial charge is 0.324 e. The normalized spacial score (nSPS) is 16.1. The SMILES string of the molecule is CC(C)(C)c1cc(-n2c3nc(Nc4ccc5c(c4)CCNC5)ncc3c(=O)n2CC2CCC2)ccn1. The highest BCUT2D eigenvalue weighted by molar-refractivity contribution is 5.77. The second kappa shape index (κ2) is 8.85. The summed E-state index contributed by atoms with van der Waals surface area (Å²) in [5, 5.41) is 7.32. The van der Waals surface area contributed by atoms with Crippen LogP contribution in [0.2, 0.25) is 0 Å². The molecule has 6 rings (SSSR count). The summed E-state index contributed by atoms with van der Waals surface area (Å²) in [5.74, 6) is 1.00. The third kappa shape index (κ3) is 4.19. The smallest absolute Gasteiger partial charge is 0.278 e. The molecule has 1 aliphatic heterocycles. The molecule has 4 aromatic rings. The zero-order valence-corrected chi connectivity index (χ0v) is 21.2. The first-order valence-corrected chi connectivity index (χ1v) is 12.9. The number of anilines is 2. The van der Waals surface area contributed by atoms with E-state index in [1.54, 1.807) is 6.20 Å². The summed E-state index contributed by atoms with van der Waals surface area (Å²) < 4.78 is 3.82. The molecule has 186 valence electrons. The van der Waals surface area contributed by atoms with E-state index in [-0.39, 0.29) is 11.0 Å². The lowest BCUT2D eigenvalue weighted by molar-refractivity contribution is 0.257. The molecule has 0 atom stereocenters. The van der Waals surface area contributed by atoms with E-state index in [4.69, 9.17) is 4.98 Å². The van der Waals surface area contributed by atoms with Crippen LogP contribution in [0.4, 0.5) is 11.6 Å². The molecule has 36 heavy (non-hydrogen) atoms. The molecule has 0 spiro atoms. The maximum absolute atomic E-state index is 13.5. The average molecular weight is 484 g/mol. The van der Waals surface area contributed by atoms with Crippen LogP contribution in [0.3, 0.4) is 0 Å². The number of aromatic nitrogens is 5. The quantitative estimate of drug-likeness (QED) is 0.436. The Hall–Kier alpha value is -3.52. The Kier molecular flexibility index (Phi) is 5.63. The first-order chi connectivity index (χ1) is 17.4. The van der Waals surface area contributed by atoms with E-state index in [0.717, 1.165) is 49.4 Å². The third-order valence-corrected chi connectivity index (χ3v) is 7.44. The van der Waals surface area contributed by atoms with Crippen LogP contribution < -0.4 is 16.2 Å². The summed E-state index contributed by atoms with van der Waals surface area (Å²) in [4.78, 5) is 27.5. The Morgan fingerprint density at radius 1 is 1.11 bits per heavy atom. The van der Waals surface area contributed by atoms with Gasteiger partial charge >= 0.3 is 0 Å². The van der Waals surface area contributed by atoms with Crippen LogP contribution in [0.1, 0.15) is 56.9 Å². The molecular formula is C28H33N7O. The molecule has 8 nitrogen and oxygen atoms in total. The molecule has 0 radical (unpaired) electrons. The van der Waals surface area contributed by atoms with Crippen molar-refractivity contribution in [2.75, 3.05) is 11.9 Å². The Labute approximate surface area is 210 Å². The minimum atomic E-state index is -0.109. The zero-order valence-electron chi connectivity index (χ0n) is 21.2. The molecule has 1 aromatic carbocycles. The van der Waals surface area contributed by atoms with Gasteiger partial charge in [-0.3, -0.25) is 9.78 Å². The molecule has 1 fully saturated rings. The Morgan fingerprint density at radius 3 is 2.75 bits per heavy atom. The van der Waals surface area contributed by atoms with Crippen LogP contribution in [0, 0.1) is 5.92 Å². The second-order valence-corrected chi connectivity index (χ2v) is 11.1. The molecule has 3 aromatic heterocycles. The standard InChI is InChI=1S/C28H33N7O/c1-28(2,3)24-14-22(10-12-30-24)35-25-23(26(36)34(35)17-18-5-4-6-18)16-31-27(33-25)32-21-8-7-20-15-29-11-9-19(20)13-21/h7-8,10,12-14,16,18,29H,4-6,9,11,15,17H2,1-3H3,(H,31,32,33). The van der Waals surface area contributed by atoms with Gasteiger partial charge in [-0.15, -0.1) is 0 Å². The molecule has 0 amide bonds. The molecular weight excluding hydrogens is 450 g/mol. The van der Waals surface area contributed by atoms with Crippen molar-refractivity contribution in [2.45, 2.75) is 65.0 Å². The van der Waals surface area contributed by atoms with Gasteiger partial charge in [0.1, 0.15) is 5.39 Å². The van der Waals surface area contributed by atoms with E-state index in [2.05, 4.69) is 65.6 Å². The van der Waals surface area contributed by atoms with Crippen molar-refractivity contribution in [1.29, 1.82) is 0 Å². The number of hydrogen-bond donors (Lipinski definition) is 2. The van der Waals surface area contributed by atoms with Crippen LogP contribution >= 0.6 is 0 Å². The highest BCUT2D eigenvalue weighted by Gasteiger charge is 2.25. The monoisotopic (exact) mass is 483 g/mol. The third-order valence-electron chi connectivity index (χ3n) is 7.44. The number of rotatable bonds is 5. The summed E-state index contributed by atoms with van der Waals surface area (Å²) in [6.07, 6.45) is 8.03. The van der Waals surface area contributed by atoms with Crippen molar-refractivity contribution in [1.82, 2.24) is 29.6 Å². The van der Waals surface area contributed by atoms with Gasteiger partial charge in [0, 0.05) is 42.3 Å². The molecule has 1 saturated carbocycles.